The van der Waals surface area contributed by atoms with Gasteiger partial charge in [-0.05, 0) is 67.3 Å². The van der Waals surface area contributed by atoms with Gasteiger partial charge < -0.3 is 18.7 Å². The Morgan fingerprint density at radius 2 is 1.69 bits per heavy atom. The van der Waals surface area contributed by atoms with Crippen molar-refractivity contribution >= 4 is 5.69 Å². The maximum atomic E-state index is 12.5. The second-order valence-corrected chi connectivity index (χ2v) is 8.60. The lowest BCUT2D eigenvalue weighted by atomic mass is 10.1. The first kappa shape index (κ1) is 23.7. The first-order valence-corrected chi connectivity index (χ1v) is 11.6. The Balaban J connectivity index is 1.34. The molecule has 7 nitrogen and oxygen atoms in total. The zero-order chi connectivity index (χ0) is 25.1. The fourth-order valence-electron chi connectivity index (χ4n) is 4.25. The van der Waals surface area contributed by atoms with E-state index in [1.807, 2.05) is 12.1 Å². The number of aromatic nitrogens is 3. The van der Waals surface area contributed by atoms with Crippen LogP contribution in [0, 0.1) is 0 Å². The summed E-state index contributed by atoms with van der Waals surface area (Å²) >= 11 is 0. The van der Waals surface area contributed by atoms with E-state index in [1.165, 1.54) is 49.6 Å². The van der Waals surface area contributed by atoms with E-state index < -0.39 is 6.36 Å². The quantitative estimate of drug-likeness (QED) is 0.351. The molecule has 1 aliphatic rings. The summed E-state index contributed by atoms with van der Waals surface area (Å²) in [5.74, 6) is 0.0541. The van der Waals surface area contributed by atoms with Gasteiger partial charge in [-0.15, -0.1) is 13.2 Å². The molecule has 0 amide bonds. The largest absolute Gasteiger partial charge is 0.573 e. The van der Waals surface area contributed by atoms with Gasteiger partial charge in [-0.3, -0.25) is 4.79 Å². The Morgan fingerprint density at radius 3 is 2.44 bits per heavy atom. The predicted octanol–water partition coefficient (Wildman–Crippen LogP) is 5.50. The Bertz CT molecular complexity index is 1390. The first-order valence-electron chi connectivity index (χ1n) is 11.6. The number of hydrogen-bond donors (Lipinski definition) is 0. The van der Waals surface area contributed by atoms with Crippen LogP contribution in [0.4, 0.5) is 18.9 Å². The molecule has 0 aliphatic carbocycles. The van der Waals surface area contributed by atoms with E-state index in [0.717, 1.165) is 24.3 Å². The van der Waals surface area contributed by atoms with Gasteiger partial charge >= 0.3 is 6.36 Å². The van der Waals surface area contributed by atoms with Gasteiger partial charge in [-0.2, -0.15) is 4.98 Å². The third kappa shape index (κ3) is 5.59. The molecule has 1 fully saturated rings. The van der Waals surface area contributed by atoms with E-state index in [2.05, 4.69) is 31.9 Å². The van der Waals surface area contributed by atoms with Crippen LogP contribution in [0.1, 0.15) is 24.8 Å². The molecule has 1 aliphatic heterocycles. The van der Waals surface area contributed by atoms with E-state index >= 15 is 0 Å². The van der Waals surface area contributed by atoms with E-state index in [-0.39, 0.29) is 23.0 Å². The van der Waals surface area contributed by atoms with E-state index in [4.69, 9.17) is 4.52 Å². The maximum Gasteiger partial charge on any atom is 0.573 e. The highest BCUT2D eigenvalue weighted by atomic mass is 19.4. The number of alkyl halides is 3. The van der Waals surface area contributed by atoms with Gasteiger partial charge in [-0.25, -0.2) is 0 Å². The molecule has 1 saturated heterocycles. The average molecular weight is 496 g/mol. The van der Waals surface area contributed by atoms with Crippen molar-refractivity contribution in [3.8, 4) is 28.6 Å². The smallest absolute Gasteiger partial charge is 0.406 e. The number of pyridine rings is 1. The summed E-state index contributed by atoms with van der Waals surface area (Å²) in [6.07, 6.45) is 0.520. The molecule has 5 rings (SSSR count). The fraction of sp³-hybridized carbons (Fsp3) is 0.269. The SMILES string of the molecule is O=c1ccc(-c2nc(-c3ccc(OC(F)(F)F)cc3)no2)cn1Cc1cccc(N2CCCCC2)c1. The number of ether oxygens (including phenoxy) is 1. The van der Waals surface area contributed by atoms with E-state index in [0.29, 0.717) is 17.7 Å². The van der Waals surface area contributed by atoms with Crippen LogP contribution >= 0.6 is 0 Å². The van der Waals surface area contributed by atoms with Crippen molar-refractivity contribution < 1.29 is 22.4 Å². The topological polar surface area (TPSA) is 73.4 Å². The molecule has 0 radical (unpaired) electrons. The second kappa shape index (κ2) is 9.88. The minimum atomic E-state index is -4.77. The molecule has 186 valence electrons. The van der Waals surface area contributed by atoms with Gasteiger partial charge in [0.05, 0.1) is 12.1 Å². The summed E-state index contributed by atoms with van der Waals surface area (Å²) < 4.78 is 47.9. The van der Waals surface area contributed by atoms with Crippen molar-refractivity contribution in [3.05, 3.63) is 82.8 Å². The van der Waals surface area contributed by atoms with Crippen LogP contribution in [0.15, 0.2) is 76.2 Å². The van der Waals surface area contributed by atoms with Gasteiger partial charge in [0, 0.05) is 36.6 Å². The van der Waals surface area contributed by atoms with Crippen LogP contribution in [0.5, 0.6) is 5.75 Å². The monoisotopic (exact) mass is 496 g/mol. The molecule has 2 aromatic heterocycles. The molecule has 0 N–H and O–H groups in total. The van der Waals surface area contributed by atoms with Crippen LogP contribution in [-0.4, -0.2) is 34.2 Å². The summed E-state index contributed by atoms with van der Waals surface area (Å²) in [7, 11) is 0. The standard InChI is InChI=1S/C26H23F3N4O3/c27-26(28,29)35-22-10-7-19(8-11-22)24-30-25(36-31-24)20-9-12-23(34)33(17-20)16-18-5-4-6-21(15-18)32-13-2-1-3-14-32/h4-12,15,17H,1-3,13-14,16H2. The van der Waals surface area contributed by atoms with Crippen LogP contribution < -0.4 is 15.2 Å². The number of nitrogens with zero attached hydrogens (tertiary/aromatic N) is 4. The van der Waals surface area contributed by atoms with E-state index in [1.54, 1.807) is 16.8 Å². The zero-order valence-electron chi connectivity index (χ0n) is 19.2. The number of anilines is 1. The summed E-state index contributed by atoms with van der Waals surface area (Å²) in [5.41, 5.74) is 3.01. The Morgan fingerprint density at radius 1 is 0.944 bits per heavy atom. The molecule has 3 heterocycles. The number of rotatable bonds is 6. The van der Waals surface area contributed by atoms with Crippen LogP contribution in [0.2, 0.25) is 0 Å². The summed E-state index contributed by atoms with van der Waals surface area (Å²) in [6.45, 7) is 2.46. The molecule has 0 saturated carbocycles. The highest BCUT2D eigenvalue weighted by Gasteiger charge is 2.31. The predicted molar refractivity (Wildman–Crippen MR) is 128 cm³/mol. The van der Waals surface area contributed by atoms with Crippen LogP contribution in [0.3, 0.4) is 0 Å². The van der Waals surface area contributed by atoms with Gasteiger partial charge in [0.25, 0.3) is 11.4 Å². The maximum absolute atomic E-state index is 12.5. The lowest BCUT2D eigenvalue weighted by Crippen LogP contribution is -2.29. The summed E-state index contributed by atoms with van der Waals surface area (Å²) in [5, 5.41) is 3.92. The fourth-order valence-corrected chi connectivity index (χ4v) is 4.25. The molecular weight excluding hydrogens is 473 g/mol. The normalized spacial score (nSPS) is 14.1. The molecule has 2 aromatic carbocycles. The highest BCUT2D eigenvalue weighted by Crippen LogP contribution is 2.27. The average Bonchev–Trinajstić information content (AvgIpc) is 3.36. The highest BCUT2D eigenvalue weighted by molar-refractivity contribution is 5.60. The first-order chi connectivity index (χ1) is 17.3. The van der Waals surface area contributed by atoms with Gasteiger partial charge in [0.1, 0.15) is 5.75 Å². The number of benzene rings is 2. The second-order valence-electron chi connectivity index (χ2n) is 8.60. The number of halogens is 3. The van der Waals surface area contributed by atoms with Crippen molar-refractivity contribution in [1.82, 2.24) is 14.7 Å². The number of hydrogen-bond acceptors (Lipinski definition) is 6. The number of piperidine rings is 1. The molecule has 4 aromatic rings. The molecule has 10 heteroatoms. The molecule has 36 heavy (non-hydrogen) atoms. The van der Waals surface area contributed by atoms with Gasteiger partial charge in [0.15, 0.2) is 0 Å². The van der Waals surface area contributed by atoms with E-state index in [9.17, 15) is 18.0 Å². The third-order valence-electron chi connectivity index (χ3n) is 5.99. The van der Waals surface area contributed by atoms with Crippen molar-refractivity contribution in [3.63, 3.8) is 0 Å². The Kier molecular flexibility index (Phi) is 6.49. The zero-order valence-corrected chi connectivity index (χ0v) is 19.2. The van der Waals surface area contributed by atoms with Crippen molar-refractivity contribution in [2.45, 2.75) is 32.2 Å². The van der Waals surface area contributed by atoms with Crippen molar-refractivity contribution in [2.75, 3.05) is 18.0 Å². The minimum absolute atomic E-state index is 0.165. The molecule has 0 atom stereocenters. The van der Waals surface area contributed by atoms with Gasteiger partial charge in [0.2, 0.25) is 5.82 Å². The van der Waals surface area contributed by atoms with Crippen LogP contribution in [0.25, 0.3) is 22.8 Å². The molecular formula is C26H23F3N4O3. The van der Waals surface area contributed by atoms with Crippen LogP contribution in [-0.2, 0) is 6.54 Å². The Labute approximate surface area is 204 Å². The molecule has 0 unspecified atom stereocenters. The van der Waals surface area contributed by atoms with Gasteiger partial charge in [-0.1, -0.05) is 17.3 Å². The van der Waals surface area contributed by atoms with Crippen molar-refractivity contribution in [1.29, 1.82) is 0 Å². The lowest BCUT2D eigenvalue weighted by molar-refractivity contribution is -0.274. The molecule has 0 bridgehead atoms. The minimum Gasteiger partial charge on any atom is -0.406 e. The van der Waals surface area contributed by atoms with Crippen molar-refractivity contribution in [2.24, 2.45) is 0 Å². The third-order valence-corrected chi connectivity index (χ3v) is 5.99. The molecule has 0 spiro atoms. The summed E-state index contributed by atoms with van der Waals surface area (Å²) in [4.78, 5) is 19.3. The Hall–Kier alpha value is -4.08. The lowest BCUT2D eigenvalue weighted by Gasteiger charge is -2.29. The summed E-state index contributed by atoms with van der Waals surface area (Å²) in [6, 6.07) is 16.4.